The smallest absolute Gasteiger partial charge is 0.355 e. The Hall–Kier alpha value is -3.21. The van der Waals surface area contributed by atoms with Crippen molar-refractivity contribution in [1.29, 1.82) is 0 Å². The van der Waals surface area contributed by atoms with Crippen LogP contribution in [0.3, 0.4) is 0 Å². The van der Waals surface area contributed by atoms with Gasteiger partial charge < -0.3 is 10.6 Å². The Morgan fingerprint density at radius 2 is 1.58 bits per heavy atom. The van der Waals surface area contributed by atoms with Crippen LogP contribution >= 0.6 is 11.6 Å². The molecule has 0 atom stereocenters. The fourth-order valence-electron chi connectivity index (χ4n) is 2.68. The normalized spacial score (nSPS) is 12.0. The molecule has 1 heterocycles. The second-order valence-corrected chi connectivity index (χ2v) is 6.71. The molecule has 0 radical (unpaired) electrons. The summed E-state index contributed by atoms with van der Waals surface area (Å²) in [7, 11) is 1.18. The second-order valence-electron chi connectivity index (χ2n) is 6.33. The van der Waals surface area contributed by atoms with Gasteiger partial charge in [-0.05, 0) is 36.4 Å². The number of carbonyl (C=O) groups is 1. The molecule has 0 fully saturated rings. The molecule has 5 nitrogen and oxygen atoms in total. The molecule has 2 N–H and O–H groups in total. The summed E-state index contributed by atoms with van der Waals surface area (Å²) in [4.78, 5) is 12.7. The number of carbonyl (C=O) groups excluding carboxylic acids is 1. The van der Waals surface area contributed by atoms with Crippen molar-refractivity contribution in [2.45, 2.75) is 12.4 Å². The lowest BCUT2D eigenvalue weighted by Gasteiger charge is -2.13. The number of amides is 1. The van der Waals surface area contributed by atoms with E-state index in [0.29, 0.717) is 0 Å². The van der Waals surface area contributed by atoms with Crippen molar-refractivity contribution >= 4 is 34.7 Å². The Bertz CT molecular complexity index is 1110. The molecule has 0 aliphatic heterocycles. The van der Waals surface area contributed by atoms with Crippen LogP contribution in [0.15, 0.2) is 48.5 Å². The highest BCUT2D eigenvalue weighted by molar-refractivity contribution is 6.34. The maximum absolute atomic E-state index is 13.0. The Balaban J connectivity index is 1.86. The Morgan fingerprint density at radius 3 is 2.13 bits per heavy atom. The molecule has 0 saturated carbocycles. The van der Waals surface area contributed by atoms with E-state index in [4.69, 9.17) is 11.6 Å². The summed E-state index contributed by atoms with van der Waals surface area (Å²) in [5.41, 5.74) is -1.67. The Morgan fingerprint density at radius 1 is 0.968 bits per heavy atom. The number of halogens is 7. The van der Waals surface area contributed by atoms with Crippen LogP contribution in [0, 0.1) is 0 Å². The van der Waals surface area contributed by atoms with Gasteiger partial charge in [0.15, 0.2) is 11.5 Å². The monoisotopic (exact) mass is 462 g/mol. The van der Waals surface area contributed by atoms with E-state index in [-0.39, 0.29) is 22.8 Å². The first-order valence-corrected chi connectivity index (χ1v) is 8.90. The molecule has 0 bridgehead atoms. The maximum Gasteiger partial charge on any atom is 0.436 e. The van der Waals surface area contributed by atoms with E-state index in [1.165, 1.54) is 37.4 Å². The number of hydrogen-bond acceptors (Lipinski definition) is 3. The highest BCUT2D eigenvalue weighted by Crippen LogP contribution is 2.38. The van der Waals surface area contributed by atoms with Gasteiger partial charge in [-0.15, -0.1) is 0 Å². The van der Waals surface area contributed by atoms with Gasteiger partial charge in [-0.1, -0.05) is 23.7 Å². The number of hydrogen-bond donors (Lipinski definition) is 2. The lowest BCUT2D eigenvalue weighted by atomic mass is 10.1. The van der Waals surface area contributed by atoms with Gasteiger partial charge in [0.2, 0.25) is 0 Å². The summed E-state index contributed by atoms with van der Waals surface area (Å²) in [6.45, 7) is 0. The number of alkyl halides is 6. The van der Waals surface area contributed by atoms with Crippen molar-refractivity contribution in [2.24, 2.45) is 7.05 Å². The molecule has 3 rings (SSSR count). The number of aromatic nitrogens is 2. The summed E-state index contributed by atoms with van der Waals surface area (Å²) >= 11 is 5.74. The molecule has 0 spiro atoms. The predicted molar refractivity (Wildman–Crippen MR) is 102 cm³/mol. The molecular weight excluding hydrogens is 450 g/mol. The number of para-hydroxylation sites is 1. The van der Waals surface area contributed by atoms with Gasteiger partial charge in [-0.25, -0.2) is 0 Å². The number of rotatable bonds is 4. The third-order valence-corrected chi connectivity index (χ3v) is 4.51. The standard InChI is InChI=1S/C19H13ClF6N4O/c1-30-16(14(20)15(29-30)19(24,25)26)28-17(31)12-4-2-3-5-13(12)27-11-8-6-10(7-9-11)18(21,22)23/h2-9,27H,1H3,(H,28,31). The highest BCUT2D eigenvalue weighted by atomic mass is 35.5. The minimum absolute atomic E-state index is 0.0215. The van der Waals surface area contributed by atoms with Crippen LogP contribution in [-0.4, -0.2) is 15.7 Å². The SMILES string of the molecule is Cn1nc(C(F)(F)F)c(Cl)c1NC(=O)c1ccccc1Nc1ccc(C(F)(F)F)cc1. The third-order valence-electron chi connectivity index (χ3n) is 4.15. The van der Waals surface area contributed by atoms with Crippen LogP contribution in [0.2, 0.25) is 5.02 Å². The van der Waals surface area contributed by atoms with Crippen LogP contribution in [-0.2, 0) is 19.4 Å². The first-order chi connectivity index (χ1) is 14.4. The van der Waals surface area contributed by atoms with Crippen molar-refractivity contribution < 1.29 is 31.1 Å². The van der Waals surface area contributed by atoms with E-state index in [1.54, 1.807) is 6.07 Å². The maximum atomic E-state index is 13.0. The average Bonchev–Trinajstić information content (AvgIpc) is 2.96. The van der Waals surface area contributed by atoms with Crippen LogP contribution in [0.4, 0.5) is 43.5 Å². The zero-order chi connectivity index (χ0) is 23.0. The minimum atomic E-state index is -4.81. The van der Waals surface area contributed by atoms with Gasteiger partial charge in [-0.2, -0.15) is 31.4 Å². The summed E-state index contributed by atoms with van der Waals surface area (Å²) < 4.78 is 77.8. The van der Waals surface area contributed by atoms with Crippen molar-refractivity contribution in [2.75, 3.05) is 10.6 Å². The van der Waals surface area contributed by atoms with Gasteiger partial charge in [-0.3, -0.25) is 9.48 Å². The van der Waals surface area contributed by atoms with Gasteiger partial charge in [0.1, 0.15) is 5.02 Å². The Kier molecular flexibility index (Phi) is 5.90. The van der Waals surface area contributed by atoms with Gasteiger partial charge in [0.05, 0.1) is 16.8 Å². The van der Waals surface area contributed by atoms with Crippen LogP contribution < -0.4 is 10.6 Å². The molecule has 1 aromatic heterocycles. The van der Waals surface area contributed by atoms with E-state index in [2.05, 4.69) is 15.7 Å². The van der Waals surface area contributed by atoms with Crippen molar-refractivity contribution in [3.63, 3.8) is 0 Å². The van der Waals surface area contributed by atoms with Crippen molar-refractivity contribution in [1.82, 2.24) is 9.78 Å². The number of aryl methyl sites for hydroxylation is 1. The molecule has 3 aromatic rings. The van der Waals surface area contributed by atoms with Gasteiger partial charge in [0, 0.05) is 12.7 Å². The van der Waals surface area contributed by atoms with Crippen molar-refractivity contribution in [3.05, 3.63) is 70.4 Å². The number of nitrogens with zero attached hydrogens (tertiary/aromatic N) is 2. The van der Waals surface area contributed by atoms with E-state index >= 15 is 0 Å². The van der Waals surface area contributed by atoms with E-state index in [1.807, 2.05) is 0 Å². The largest absolute Gasteiger partial charge is 0.436 e. The lowest BCUT2D eigenvalue weighted by Crippen LogP contribution is -2.16. The molecule has 0 unspecified atom stereocenters. The van der Waals surface area contributed by atoms with E-state index in [9.17, 15) is 31.1 Å². The first kappa shape index (κ1) is 22.5. The third kappa shape index (κ3) is 4.93. The topological polar surface area (TPSA) is 59.0 Å². The fraction of sp³-hybridized carbons (Fsp3) is 0.158. The summed E-state index contributed by atoms with van der Waals surface area (Å²) in [5.74, 6) is -1.16. The van der Waals surface area contributed by atoms with E-state index in [0.717, 1.165) is 16.8 Å². The van der Waals surface area contributed by atoms with Crippen LogP contribution in [0.25, 0.3) is 0 Å². The zero-order valence-corrected chi connectivity index (χ0v) is 16.3. The molecule has 0 saturated heterocycles. The van der Waals surface area contributed by atoms with Crippen LogP contribution in [0.1, 0.15) is 21.6 Å². The van der Waals surface area contributed by atoms with E-state index < -0.39 is 34.5 Å². The summed E-state index contributed by atoms with van der Waals surface area (Å²) in [6.07, 6.45) is -9.30. The number of benzene rings is 2. The first-order valence-electron chi connectivity index (χ1n) is 8.52. The Labute approximate surface area is 176 Å². The molecule has 0 aliphatic rings. The molecule has 1 amide bonds. The molecular formula is C19H13ClF6N4O. The fourth-order valence-corrected chi connectivity index (χ4v) is 2.99. The molecule has 31 heavy (non-hydrogen) atoms. The average molecular weight is 463 g/mol. The highest BCUT2D eigenvalue weighted by Gasteiger charge is 2.39. The van der Waals surface area contributed by atoms with Crippen molar-refractivity contribution in [3.8, 4) is 0 Å². The summed E-state index contributed by atoms with van der Waals surface area (Å²) in [5, 5.41) is 7.61. The minimum Gasteiger partial charge on any atom is -0.355 e. The number of nitrogens with one attached hydrogen (secondary N) is 2. The molecule has 12 heteroatoms. The molecule has 164 valence electrons. The van der Waals surface area contributed by atoms with Gasteiger partial charge in [0.25, 0.3) is 5.91 Å². The van der Waals surface area contributed by atoms with Gasteiger partial charge >= 0.3 is 12.4 Å². The quantitative estimate of drug-likeness (QED) is 0.460. The number of anilines is 3. The zero-order valence-electron chi connectivity index (χ0n) is 15.6. The molecule has 2 aromatic carbocycles. The lowest BCUT2D eigenvalue weighted by molar-refractivity contribution is -0.141. The molecule has 0 aliphatic carbocycles. The summed E-state index contributed by atoms with van der Waals surface area (Å²) in [6, 6.07) is 10.1. The van der Waals surface area contributed by atoms with Crippen LogP contribution in [0.5, 0.6) is 0 Å². The second kappa shape index (κ2) is 8.14. The predicted octanol–water partition coefficient (Wildman–Crippen LogP) is 6.11.